The number of nitrogens with zero attached hydrogens (tertiary/aromatic N) is 2. The van der Waals surface area contributed by atoms with E-state index in [0.29, 0.717) is 15.7 Å². The molecule has 0 aliphatic rings. The van der Waals surface area contributed by atoms with Crippen molar-refractivity contribution in [1.82, 2.24) is 9.55 Å². The van der Waals surface area contributed by atoms with Crippen LogP contribution >= 0.6 is 34.8 Å². The van der Waals surface area contributed by atoms with Gasteiger partial charge in [0, 0.05) is 18.7 Å². The van der Waals surface area contributed by atoms with Crippen LogP contribution in [0.1, 0.15) is 11.4 Å². The molecule has 6 nitrogen and oxygen atoms in total. The minimum absolute atomic E-state index is 0.0475. The summed E-state index contributed by atoms with van der Waals surface area (Å²) in [5.41, 5.74) is 0.699. The average Bonchev–Trinajstić information content (AvgIpc) is 2.64. The van der Waals surface area contributed by atoms with Crippen LogP contribution in [0, 0.1) is 0 Å². The molecule has 0 aliphatic carbocycles. The predicted octanol–water partition coefficient (Wildman–Crippen LogP) is 2.73. The lowest BCUT2D eigenvalue weighted by atomic mass is 10.1. The smallest absolute Gasteiger partial charge is 0.191 e. The lowest BCUT2D eigenvalue weighted by Crippen LogP contribution is -2.20. The Hall–Kier alpha value is -1.67. The molecule has 0 saturated carbocycles. The standard InChI is InChI=1S/C18H15Cl3N2O4/c19-11-2-1-3-12(20)17(11)23-9(7-24)4-15(27)16-14(5-10(26)8-25)22-6-13(21)18(16)23/h1-4,6,10,24-26H,5,7-8H2. The van der Waals surface area contributed by atoms with Crippen LogP contribution < -0.4 is 5.43 Å². The van der Waals surface area contributed by atoms with E-state index in [2.05, 4.69) is 4.98 Å². The van der Waals surface area contributed by atoms with Crippen LogP contribution in [0.2, 0.25) is 15.1 Å². The summed E-state index contributed by atoms with van der Waals surface area (Å²) in [7, 11) is 0. The average molecular weight is 430 g/mol. The summed E-state index contributed by atoms with van der Waals surface area (Å²) >= 11 is 19.0. The first-order valence-corrected chi connectivity index (χ1v) is 9.08. The Morgan fingerprint density at radius 3 is 2.37 bits per heavy atom. The highest BCUT2D eigenvalue weighted by Gasteiger charge is 2.21. The van der Waals surface area contributed by atoms with Gasteiger partial charge in [-0.2, -0.15) is 0 Å². The van der Waals surface area contributed by atoms with E-state index in [1.807, 2.05) is 0 Å². The molecule has 0 saturated heterocycles. The fraction of sp³-hybridized carbons (Fsp3) is 0.222. The van der Waals surface area contributed by atoms with Crippen molar-refractivity contribution in [2.24, 2.45) is 0 Å². The SMILES string of the molecule is O=c1cc(CO)n(-c2c(Cl)cccc2Cl)c2c(Cl)cnc(CC(O)CO)c12. The number of para-hydroxylation sites is 1. The predicted molar refractivity (Wildman–Crippen MR) is 105 cm³/mol. The van der Waals surface area contributed by atoms with Crippen molar-refractivity contribution < 1.29 is 15.3 Å². The third kappa shape index (κ3) is 3.69. The van der Waals surface area contributed by atoms with Crippen molar-refractivity contribution in [3.05, 3.63) is 67.1 Å². The van der Waals surface area contributed by atoms with Crippen LogP contribution in [0.3, 0.4) is 0 Å². The Labute approximate surface area is 169 Å². The maximum absolute atomic E-state index is 12.7. The maximum Gasteiger partial charge on any atom is 0.191 e. The van der Waals surface area contributed by atoms with Gasteiger partial charge in [0.2, 0.25) is 0 Å². The van der Waals surface area contributed by atoms with E-state index in [0.717, 1.165) is 0 Å². The molecule has 0 aliphatic heterocycles. The zero-order valence-corrected chi connectivity index (χ0v) is 16.1. The molecule has 9 heteroatoms. The van der Waals surface area contributed by atoms with Crippen molar-refractivity contribution in [2.75, 3.05) is 6.61 Å². The van der Waals surface area contributed by atoms with Gasteiger partial charge in [0.05, 0.1) is 62.4 Å². The van der Waals surface area contributed by atoms with E-state index < -0.39 is 24.7 Å². The van der Waals surface area contributed by atoms with Gasteiger partial charge in [-0.3, -0.25) is 9.78 Å². The molecule has 1 aromatic carbocycles. The van der Waals surface area contributed by atoms with Crippen LogP contribution in [0.15, 0.2) is 35.3 Å². The third-order valence-electron chi connectivity index (χ3n) is 4.10. The molecule has 3 rings (SSSR count). The lowest BCUT2D eigenvalue weighted by molar-refractivity contribution is 0.0950. The number of aliphatic hydroxyl groups is 3. The highest BCUT2D eigenvalue weighted by Crippen LogP contribution is 2.34. The summed E-state index contributed by atoms with van der Waals surface area (Å²) in [6.07, 6.45) is 0.204. The summed E-state index contributed by atoms with van der Waals surface area (Å²) in [4.78, 5) is 16.9. The number of benzene rings is 1. The molecule has 142 valence electrons. The minimum Gasteiger partial charge on any atom is -0.394 e. The van der Waals surface area contributed by atoms with Gasteiger partial charge < -0.3 is 19.9 Å². The number of fused-ring (bicyclic) bond motifs is 1. The molecule has 1 atom stereocenters. The van der Waals surface area contributed by atoms with Crippen molar-refractivity contribution in [1.29, 1.82) is 0 Å². The van der Waals surface area contributed by atoms with Gasteiger partial charge in [-0.05, 0) is 12.1 Å². The van der Waals surface area contributed by atoms with Crippen molar-refractivity contribution in [3.63, 3.8) is 0 Å². The third-order valence-corrected chi connectivity index (χ3v) is 4.99. The maximum atomic E-state index is 12.7. The van der Waals surface area contributed by atoms with E-state index in [1.54, 1.807) is 18.2 Å². The largest absolute Gasteiger partial charge is 0.394 e. The zero-order chi connectivity index (χ0) is 19.7. The van der Waals surface area contributed by atoms with Gasteiger partial charge in [-0.15, -0.1) is 0 Å². The molecule has 3 aromatic rings. The Morgan fingerprint density at radius 1 is 1.11 bits per heavy atom. The second kappa shape index (κ2) is 8.14. The summed E-state index contributed by atoms with van der Waals surface area (Å²) in [5.74, 6) is 0. The molecule has 2 heterocycles. The molecule has 3 N–H and O–H groups in total. The van der Waals surface area contributed by atoms with Gasteiger partial charge in [-0.1, -0.05) is 40.9 Å². The van der Waals surface area contributed by atoms with E-state index in [-0.39, 0.29) is 33.7 Å². The van der Waals surface area contributed by atoms with Crippen LogP contribution in [-0.2, 0) is 13.0 Å². The molecule has 0 radical (unpaired) electrons. The quantitative estimate of drug-likeness (QED) is 0.580. The first-order chi connectivity index (χ1) is 12.9. The fourth-order valence-corrected chi connectivity index (χ4v) is 3.74. The molecular weight excluding hydrogens is 415 g/mol. The first-order valence-electron chi connectivity index (χ1n) is 7.95. The van der Waals surface area contributed by atoms with E-state index in [9.17, 15) is 15.0 Å². The highest BCUT2D eigenvalue weighted by atomic mass is 35.5. The van der Waals surface area contributed by atoms with Gasteiger partial charge in [0.25, 0.3) is 0 Å². The zero-order valence-electron chi connectivity index (χ0n) is 13.9. The molecule has 1 unspecified atom stereocenters. The molecule has 0 fully saturated rings. The highest BCUT2D eigenvalue weighted by molar-refractivity contribution is 6.38. The molecule has 0 bridgehead atoms. The van der Waals surface area contributed by atoms with Crippen LogP contribution in [0.5, 0.6) is 0 Å². The van der Waals surface area contributed by atoms with Gasteiger partial charge in [-0.25, -0.2) is 0 Å². The second-order valence-corrected chi connectivity index (χ2v) is 7.10. The number of hydrogen-bond donors (Lipinski definition) is 3. The summed E-state index contributed by atoms with van der Waals surface area (Å²) in [5, 5.41) is 29.6. The Kier molecular flexibility index (Phi) is 6.05. The Morgan fingerprint density at radius 2 is 1.78 bits per heavy atom. The van der Waals surface area contributed by atoms with Crippen molar-refractivity contribution in [2.45, 2.75) is 19.1 Å². The molecule has 27 heavy (non-hydrogen) atoms. The number of hydrogen-bond acceptors (Lipinski definition) is 5. The molecule has 2 aromatic heterocycles. The normalized spacial score (nSPS) is 12.5. The van der Waals surface area contributed by atoms with E-state index >= 15 is 0 Å². The van der Waals surface area contributed by atoms with Crippen LogP contribution in [0.4, 0.5) is 0 Å². The first kappa shape index (κ1) is 20.1. The Bertz CT molecular complexity index is 1050. The topological polar surface area (TPSA) is 95.6 Å². The van der Waals surface area contributed by atoms with Crippen molar-refractivity contribution >= 4 is 45.7 Å². The van der Waals surface area contributed by atoms with E-state index in [4.69, 9.17) is 39.9 Å². The molecule has 0 spiro atoms. The van der Waals surface area contributed by atoms with Crippen LogP contribution in [0.25, 0.3) is 16.6 Å². The number of aliphatic hydroxyl groups excluding tert-OH is 3. The number of halogens is 3. The van der Waals surface area contributed by atoms with Gasteiger partial charge in [0.1, 0.15) is 0 Å². The van der Waals surface area contributed by atoms with Gasteiger partial charge >= 0.3 is 0 Å². The number of pyridine rings is 2. The summed E-state index contributed by atoms with van der Waals surface area (Å²) in [6.45, 7) is -0.939. The van der Waals surface area contributed by atoms with Crippen molar-refractivity contribution in [3.8, 4) is 5.69 Å². The Balaban J connectivity index is 2.48. The van der Waals surface area contributed by atoms with Gasteiger partial charge in [0.15, 0.2) is 5.43 Å². The number of aromatic nitrogens is 2. The molecular formula is C18H15Cl3N2O4. The summed E-state index contributed by atoms with van der Waals surface area (Å²) in [6, 6.07) is 6.16. The fourth-order valence-electron chi connectivity index (χ4n) is 2.94. The second-order valence-electron chi connectivity index (χ2n) is 5.88. The molecule has 0 amide bonds. The van der Waals surface area contributed by atoms with Crippen LogP contribution in [-0.4, -0.2) is 37.6 Å². The lowest BCUT2D eigenvalue weighted by Gasteiger charge is -2.20. The monoisotopic (exact) mass is 428 g/mol. The van der Waals surface area contributed by atoms with E-state index in [1.165, 1.54) is 16.8 Å². The number of rotatable bonds is 5. The minimum atomic E-state index is -1.09. The summed E-state index contributed by atoms with van der Waals surface area (Å²) < 4.78 is 1.51.